The van der Waals surface area contributed by atoms with Gasteiger partial charge in [-0.05, 0) is 19.8 Å². The van der Waals surface area contributed by atoms with Crippen LogP contribution in [0, 0.1) is 5.41 Å². The molecule has 0 amide bonds. The predicted octanol–water partition coefficient (Wildman–Crippen LogP) is 1.29. The molecule has 0 radical (unpaired) electrons. The molecule has 0 aromatic carbocycles. The second-order valence-electron chi connectivity index (χ2n) is 3.39. The summed E-state index contributed by atoms with van der Waals surface area (Å²) in [6.07, 6.45) is 2.96. The molecule has 1 fully saturated rings. The molecule has 62 valence electrons. The quantitative estimate of drug-likeness (QED) is 0.608. The third kappa shape index (κ3) is 1.23. The average Bonchev–Trinajstić information content (AvgIpc) is 2.19. The van der Waals surface area contributed by atoms with E-state index in [0.717, 1.165) is 0 Å². The van der Waals surface area contributed by atoms with Crippen molar-refractivity contribution in [1.29, 1.82) is 0 Å². The first-order chi connectivity index (χ1) is 5.11. The van der Waals surface area contributed by atoms with Gasteiger partial charge in [0, 0.05) is 6.42 Å². The largest absolute Gasteiger partial charge is 0.392 e. The van der Waals surface area contributed by atoms with Gasteiger partial charge in [-0.1, -0.05) is 6.08 Å². The summed E-state index contributed by atoms with van der Waals surface area (Å²) < 4.78 is 0. The minimum absolute atomic E-state index is 0.171. The second-order valence-corrected chi connectivity index (χ2v) is 3.39. The lowest BCUT2D eigenvalue weighted by Crippen LogP contribution is -2.31. The predicted molar refractivity (Wildman–Crippen MR) is 43.2 cm³/mol. The maximum atomic E-state index is 11.3. The molecule has 0 aromatic rings. The number of ketones is 1. The lowest BCUT2D eigenvalue weighted by Gasteiger charge is -2.24. The minimum atomic E-state index is -0.540. The molecular weight excluding hydrogens is 140 g/mol. The standard InChI is InChI=1S/C9H14O2/c1-3-6-9(2)7(10)4-5-8(9)11/h3,7,10H,1,4-6H2,2H3/t7-,9-/m1/s1. The Morgan fingerprint density at radius 1 is 1.91 bits per heavy atom. The summed E-state index contributed by atoms with van der Waals surface area (Å²) in [5, 5.41) is 9.48. The van der Waals surface area contributed by atoms with E-state index in [9.17, 15) is 9.90 Å². The molecule has 0 spiro atoms. The van der Waals surface area contributed by atoms with E-state index in [1.54, 1.807) is 6.08 Å². The van der Waals surface area contributed by atoms with Gasteiger partial charge in [-0.2, -0.15) is 0 Å². The molecule has 2 nitrogen and oxygen atoms in total. The van der Waals surface area contributed by atoms with Crippen LogP contribution in [0.2, 0.25) is 0 Å². The van der Waals surface area contributed by atoms with Gasteiger partial charge in [-0.3, -0.25) is 4.79 Å². The summed E-state index contributed by atoms with van der Waals surface area (Å²) in [7, 11) is 0. The normalized spacial score (nSPS) is 37.6. The van der Waals surface area contributed by atoms with Crippen molar-refractivity contribution in [2.24, 2.45) is 5.41 Å². The van der Waals surface area contributed by atoms with Crippen molar-refractivity contribution in [3.05, 3.63) is 12.7 Å². The summed E-state index contributed by atoms with van der Waals surface area (Å²) in [6.45, 7) is 5.39. The van der Waals surface area contributed by atoms with Gasteiger partial charge in [0.2, 0.25) is 0 Å². The highest BCUT2D eigenvalue weighted by Gasteiger charge is 2.43. The molecule has 1 rings (SSSR count). The van der Waals surface area contributed by atoms with Gasteiger partial charge in [0.25, 0.3) is 0 Å². The molecule has 0 bridgehead atoms. The molecule has 1 N–H and O–H groups in total. The number of carbonyl (C=O) groups excluding carboxylic acids is 1. The average molecular weight is 154 g/mol. The van der Waals surface area contributed by atoms with Gasteiger partial charge in [-0.25, -0.2) is 0 Å². The van der Waals surface area contributed by atoms with Crippen LogP contribution in [0.25, 0.3) is 0 Å². The molecule has 2 heteroatoms. The van der Waals surface area contributed by atoms with Crippen LogP contribution in [0.3, 0.4) is 0 Å². The Kier molecular flexibility index (Phi) is 2.14. The van der Waals surface area contributed by atoms with Crippen molar-refractivity contribution < 1.29 is 9.90 Å². The fourth-order valence-corrected chi connectivity index (χ4v) is 1.61. The molecule has 0 heterocycles. The Hall–Kier alpha value is -0.630. The maximum absolute atomic E-state index is 11.3. The highest BCUT2D eigenvalue weighted by molar-refractivity contribution is 5.87. The molecule has 0 aromatic heterocycles. The Morgan fingerprint density at radius 3 is 2.91 bits per heavy atom. The van der Waals surface area contributed by atoms with Crippen LogP contribution in [0.1, 0.15) is 26.2 Å². The summed E-state index contributed by atoms with van der Waals surface area (Å²) in [5.74, 6) is 0.171. The first kappa shape index (κ1) is 8.47. The van der Waals surface area contributed by atoms with Gasteiger partial charge in [-0.15, -0.1) is 6.58 Å². The van der Waals surface area contributed by atoms with E-state index in [4.69, 9.17) is 0 Å². The van der Waals surface area contributed by atoms with Crippen LogP contribution >= 0.6 is 0 Å². The molecule has 11 heavy (non-hydrogen) atoms. The van der Waals surface area contributed by atoms with Crippen molar-refractivity contribution in [2.45, 2.75) is 32.3 Å². The molecule has 0 aliphatic heterocycles. The number of hydrogen-bond donors (Lipinski definition) is 1. The highest BCUT2D eigenvalue weighted by Crippen LogP contribution is 2.37. The summed E-state index contributed by atoms with van der Waals surface area (Å²) in [6, 6.07) is 0. The van der Waals surface area contributed by atoms with Crippen molar-refractivity contribution in [1.82, 2.24) is 0 Å². The first-order valence-electron chi connectivity index (χ1n) is 3.93. The second kappa shape index (κ2) is 2.78. The molecule has 2 atom stereocenters. The van der Waals surface area contributed by atoms with E-state index in [1.165, 1.54) is 0 Å². The Labute approximate surface area is 66.9 Å². The van der Waals surface area contributed by atoms with Gasteiger partial charge in [0.15, 0.2) is 0 Å². The monoisotopic (exact) mass is 154 g/mol. The number of aliphatic hydroxyl groups excluding tert-OH is 1. The van der Waals surface area contributed by atoms with E-state index in [0.29, 0.717) is 19.3 Å². The summed E-state index contributed by atoms with van der Waals surface area (Å²) in [5.41, 5.74) is -0.540. The zero-order valence-corrected chi connectivity index (χ0v) is 6.84. The van der Waals surface area contributed by atoms with Crippen molar-refractivity contribution >= 4 is 5.78 Å². The van der Waals surface area contributed by atoms with Gasteiger partial charge < -0.3 is 5.11 Å². The fourth-order valence-electron chi connectivity index (χ4n) is 1.61. The van der Waals surface area contributed by atoms with E-state index in [1.807, 2.05) is 6.92 Å². The van der Waals surface area contributed by atoms with Crippen molar-refractivity contribution in [3.63, 3.8) is 0 Å². The van der Waals surface area contributed by atoms with Crippen LogP contribution in [0.15, 0.2) is 12.7 Å². The topological polar surface area (TPSA) is 37.3 Å². The third-order valence-electron chi connectivity index (χ3n) is 2.59. The lowest BCUT2D eigenvalue weighted by molar-refractivity contribution is -0.127. The molecule has 1 aliphatic rings. The first-order valence-corrected chi connectivity index (χ1v) is 3.93. The lowest BCUT2D eigenvalue weighted by atomic mass is 9.82. The van der Waals surface area contributed by atoms with Gasteiger partial charge in [0.1, 0.15) is 5.78 Å². The highest BCUT2D eigenvalue weighted by atomic mass is 16.3. The van der Waals surface area contributed by atoms with Crippen LogP contribution in [0.5, 0.6) is 0 Å². The molecule has 1 aliphatic carbocycles. The summed E-state index contributed by atoms with van der Waals surface area (Å²) >= 11 is 0. The SMILES string of the molecule is C=CC[C@@]1(C)C(=O)CC[C@H]1O. The van der Waals surface area contributed by atoms with Crippen molar-refractivity contribution in [2.75, 3.05) is 0 Å². The van der Waals surface area contributed by atoms with Crippen LogP contribution in [0.4, 0.5) is 0 Å². The third-order valence-corrected chi connectivity index (χ3v) is 2.59. The molecule has 0 unspecified atom stereocenters. The van der Waals surface area contributed by atoms with Crippen LogP contribution in [-0.2, 0) is 4.79 Å². The Morgan fingerprint density at radius 2 is 2.55 bits per heavy atom. The minimum Gasteiger partial charge on any atom is -0.392 e. The zero-order chi connectivity index (χ0) is 8.48. The zero-order valence-electron chi connectivity index (χ0n) is 6.84. The van der Waals surface area contributed by atoms with E-state index in [-0.39, 0.29) is 5.78 Å². The number of Topliss-reactive ketones (excluding diaryl/α,β-unsaturated/α-hetero) is 1. The van der Waals surface area contributed by atoms with Crippen molar-refractivity contribution in [3.8, 4) is 0 Å². The Bertz CT molecular complexity index is 186. The number of aliphatic hydroxyl groups is 1. The van der Waals surface area contributed by atoms with Gasteiger partial charge in [0.05, 0.1) is 11.5 Å². The van der Waals surface area contributed by atoms with Crippen LogP contribution < -0.4 is 0 Å². The number of allylic oxidation sites excluding steroid dienone is 1. The molecular formula is C9H14O2. The van der Waals surface area contributed by atoms with E-state index >= 15 is 0 Å². The van der Waals surface area contributed by atoms with E-state index < -0.39 is 11.5 Å². The van der Waals surface area contributed by atoms with Crippen LogP contribution in [-0.4, -0.2) is 17.0 Å². The van der Waals surface area contributed by atoms with E-state index in [2.05, 4.69) is 6.58 Å². The Balaban J connectivity index is 2.79. The van der Waals surface area contributed by atoms with Gasteiger partial charge >= 0.3 is 0 Å². The fraction of sp³-hybridized carbons (Fsp3) is 0.667. The molecule has 1 saturated carbocycles. The summed E-state index contributed by atoms with van der Waals surface area (Å²) in [4.78, 5) is 11.3. The smallest absolute Gasteiger partial charge is 0.141 e. The maximum Gasteiger partial charge on any atom is 0.141 e. The number of hydrogen-bond acceptors (Lipinski definition) is 2. The number of rotatable bonds is 2. The number of carbonyl (C=O) groups is 1. The molecule has 0 saturated heterocycles.